The highest BCUT2D eigenvalue weighted by atomic mass is 35.5. The van der Waals surface area contributed by atoms with E-state index in [2.05, 4.69) is 10.2 Å². The molecule has 5 heteroatoms. The molecule has 0 atom stereocenters. The zero-order valence-corrected chi connectivity index (χ0v) is 11.5. The molecule has 3 nitrogen and oxygen atoms in total. The summed E-state index contributed by atoms with van der Waals surface area (Å²) >= 11 is 7.58. The highest BCUT2D eigenvalue weighted by Crippen LogP contribution is 2.18. The highest BCUT2D eigenvalue weighted by Gasteiger charge is 2.08. The summed E-state index contributed by atoms with van der Waals surface area (Å²) in [5.41, 5.74) is 0. The number of halogens is 1. The number of hydrogen-bond donors (Lipinski definition) is 1. The van der Waals surface area contributed by atoms with Crippen LogP contribution in [-0.2, 0) is 11.3 Å². The van der Waals surface area contributed by atoms with E-state index >= 15 is 0 Å². The molecule has 2 rings (SSSR count). The molecule has 1 saturated heterocycles. The van der Waals surface area contributed by atoms with E-state index in [1.165, 1.54) is 17.8 Å². The molecule has 17 heavy (non-hydrogen) atoms. The SMILES string of the molecule is Clc1csc(CNCCCN2CCOCC2)c1. The molecule has 1 aromatic heterocycles. The predicted molar refractivity (Wildman–Crippen MR) is 72.9 cm³/mol. The lowest BCUT2D eigenvalue weighted by molar-refractivity contribution is 0.0374. The molecule has 1 aliphatic heterocycles. The van der Waals surface area contributed by atoms with Gasteiger partial charge in [-0.05, 0) is 25.6 Å². The van der Waals surface area contributed by atoms with Crippen molar-refractivity contribution in [1.29, 1.82) is 0 Å². The number of rotatable bonds is 6. The van der Waals surface area contributed by atoms with Crippen LogP contribution in [0.5, 0.6) is 0 Å². The summed E-state index contributed by atoms with van der Waals surface area (Å²) in [4.78, 5) is 3.77. The zero-order chi connectivity index (χ0) is 11.9. The van der Waals surface area contributed by atoms with E-state index in [1.807, 2.05) is 11.4 Å². The topological polar surface area (TPSA) is 24.5 Å². The Labute approximate surface area is 112 Å². The molecule has 1 aliphatic rings. The van der Waals surface area contributed by atoms with Crippen LogP contribution in [0.25, 0.3) is 0 Å². The second-order valence-electron chi connectivity index (χ2n) is 4.22. The maximum atomic E-state index is 5.87. The fourth-order valence-electron chi connectivity index (χ4n) is 1.91. The monoisotopic (exact) mass is 274 g/mol. The first-order chi connectivity index (χ1) is 8.34. The molecule has 0 amide bonds. The molecule has 1 N–H and O–H groups in total. The fourth-order valence-corrected chi connectivity index (χ4v) is 2.95. The summed E-state index contributed by atoms with van der Waals surface area (Å²) in [6.45, 7) is 7.11. The Morgan fingerprint density at radius 3 is 2.94 bits per heavy atom. The molecule has 96 valence electrons. The molecule has 0 aromatic carbocycles. The summed E-state index contributed by atoms with van der Waals surface area (Å²) < 4.78 is 5.32. The van der Waals surface area contributed by atoms with Gasteiger partial charge >= 0.3 is 0 Å². The minimum Gasteiger partial charge on any atom is -0.379 e. The summed E-state index contributed by atoms with van der Waals surface area (Å²) in [5.74, 6) is 0. The number of nitrogens with one attached hydrogen (secondary N) is 1. The normalized spacial score (nSPS) is 17.5. The van der Waals surface area contributed by atoms with Gasteiger partial charge in [-0.2, -0.15) is 0 Å². The van der Waals surface area contributed by atoms with Gasteiger partial charge in [-0.15, -0.1) is 11.3 Å². The summed E-state index contributed by atoms with van der Waals surface area (Å²) in [5, 5.41) is 6.27. The largest absolute Gasteiger partial charge is 0.379 e. The second-order valence-corrected chi connectivity index (χ2v) is 5.65. The van der Waals surface area contributed by atoms with Crippen molar-refractivity contribution >= 4 is 22.9 Å². The van der Waals surface area contributed by atoms with Crippen LogP contribution in [0.4, 0.5) is 0 Å². The number of morpholine rings is 1. The third-order valence-corrected chi connectivity index (χ3v) is 4.14. The van der Waals surface area contributed by atoms with Crippen molar-refractivity contribution in [2.24, 2.45) is 0 Å². The molecule has 0 bridgehead atoms. The Balaban J connectivity index is 1.51. The van der Waals surface area contributed by atoms with E-state index in [9.17, 15) is 0 Å². The first kappa shape index (κ1) is 13.3. The molecule has 2 heterocycles. The fraction of sp³-hybridized carbons (Fsp3) is 0.667. The Hall–Kier alpha value is -0.130. The van der Waals surface area contributed by atoms with E-state index in [0.717, 1.165) is 44.4 Å². The second kappa shape index (κ2) is 7.34. The average molecular weight is 275 g/mol. The van der Waals surface area contributed by atoms with Crippen molar-refractivity contribution < 1.29 is 4.74 Å². The first-order valence-corrected chi connectivity index (χ1v) is 7.34. The first-order valence-electron chi connectivity index (χ1n) is 6.08. The van der Waals surface area contributed by atoms with Crippen LogP contribution in [-0.4, -0.2) is 44.3 Å². The lowest BCUT2D eigenvalue weighted by Gasteiger charge is -2.26. The Kier molecular flexibility index (Phi) is 5.74. The van der Waals surface area contributed by atoms with Gasteiger partial charge < -0.3 is 10.1 Å². The average Bonchev–Trinajstić information content (AvgIpc) is 2.76. The summed E-state index contributed by atoms with van der Waals surface area (Å²) in [7, 11) is 0. The molecular formula is C12H19ClN2OS. The molecule has 0 aliphatic carbocycles. The molecule has 0 unspecified atom stereocenters. The van der Waals surface area contributed by atoms with Gasteiger partial charge in [0, 0.05) is 29.9 Å². The van der Waals surface area contributed by atoms with E-state index in [0.29, 0.717) is 0 Å². The highest BCUT2D eigenvalue weighted by molar-refractivity contribution is 7.10. The molecule has 0 spiro atoms. The number of thiophene rings is 1. The number of nitrogens with zero attached hydrogens (tertiary/aromatic N) is 1. The number of ether oxygens (including phenoxy) is 1. The summed E-state index contributed by atoms with van der Waals surface area (Å²) in [6, 6.07) is 2.03. The van der Waals surface area contributed by atoms with Gasteiger partial charge in [0.2, 0.25) is 0 Å². The van der Waals surface area contributed by atoms with Crippen molar-refractivity contribution in [2.75, 3.05) is 39.4 Å². The van der Waals surface area contributed by atoms with Crippen molar-refractivity contribution in [1.82, 2.24) is 10.2 Å². The molecule has 0 saturated carbocycles. The van der Waals surface area contributed by atoms with Gasteiger partial charge in [0.1, 0.15) is 0 Å². The van der Waals surface area contributed by atoms with Gasteiger partial charge in [0.15, 0.2) is 0 Å². The van der Waals surface area contributed by atoms with E-state index in [4.69, 9.17) is 16.3 Å². The molecule has 1 aromatic rings. The maximum Gasteiger partial charge on any atom is 0.0594 e. The van der Waals surface area contributed by atoms with E-state index < -0.39 is 0 Å². The Morgan fingerprint density at radius 2 is 2.24 bits per heavy atom. The van der Waals surface area contributed by atoms with Crippen molar-refractivity contribution in [3.63, 3.8) is 0 Å². The van der Waals surface area contributed by atoms with Crippen LogP contribution in [0, 0.1) is 0 Å². The van der Waals surface area contributed by atoms with E-state index in [1.54, 1.807) is 11.3 Å². The lowest BCUT2D eigenvalue weighted by atomic mass is 10.3. The lowest BCUT2D eigenvalue weighted by Crippen LogP contribution is -2.37. The minimum absolute atomic E-state index is 0.847. The zero-order valence-electron chi connectivity index (χ0n) is 9.95. The minimum atomic E-state index is 0.847. The van der Waals surface area contributed by atoms with Crippen LogP contribution in [0.2, 0.25) is 5.02 Å². The number of hydrogen-bond acceptors (Lipinski definition) is 4. The van der Waals surface area contributed by atoms with Gasteiger partial charge in [-0.3, -0.25) is 4.90 Å². The molecule has 1 fully saturated rings. The van der Waals surface area contributed by atoms with Crippen LogP contribution < -0.4 is 5.32 Å². The van der Waals surface area contributed by atoms with Crippen LogP contribution in [0.1, 0.15) is 11.3 Å². The Bertz CT molecular complexity index is 326. The van der Waals surface area contributed by atoms with Crippen LogP contribution in [0.15, 0.2) is 11.4 Å². The summed E-state index contributed by atoms with van der Waals surface area (Å²) in [6.07, 6.45) is 1.19. The maximum absolute atomic E-state index is 5.87. The third kappa shape index (κ3) is 4.94. The van der Waals surface area contributed by atoms with Crippen molar-refractivity contribution in [3.8, 4) is 0 Å². The molecular weight excluding hydrogens is 256 g/mol. The quantitative estimate of drug-likeness (QED) is 0.805. The van der Waals surface area contributed by atoms with Crippen LogP contribution >= 0.6 is 22.9 Å². The molecule has 0 radical (unpaired) electrons. The van der Waals surface area contributed by atoms with Crippen LogP contribution in [0.3, 0.4) is 0 Å². The predicted octanol–water partition coefficient (Wildman–Crippen LogP) is 2.21. The Morgan fingerprint density at radius 1 is 1.41 bits per heavy atom. The van der Waals surface area contributed by atoms with Crippen molar-refractivity contribution in [2.45, 2.75) is 13.0 Å². The van der Waals surface area contributed by atoms with E-state index in [-0.39, 0.29) is 0 Å². The van der Waals surface area contributed by atoms with Gasteiger partial charge in [-0.1, -0.05) is 11.6 Å². The van der Waals surface area contributed by atoms with Gasteiger partial charge in [0.05, 0.1) is 18.2 Å². The van der Waals surface area contributed by atoms with Gasteiger partial charge in [0.25, 0.3) is 0 Å². The van der Waals surface area contributed by atoms with Crippen molar-refractivity contribution in [3.05, 3.63) is 21.3 Å². The van der Waals surface area contributed by atoms with Gasteiger partial charge in [-0.25, -0.2) is 0 Å². The smallest absolute Gasteiger partial charge is 0.0594 e. The standard InChI is InChI=1S/C12H19ClN2OS/c13-11-8-12(17-10-11)9-14-2-1-3-15-4-6-16-7-5-15/h8,10,14H,1-7,9H2. The third-order valence-electron chi connectivity index (χ3n) is 2.85.